The lowest BCUT2D eigenvalue weighted by molar-refractivity contribution is 0.304. The van der Waals surface area contributed by atoms with Crippen LogP contribution in [-0.4, -0.2) is 44.1 Å². The maximum atomic E-state index is 11.2. The number of hydrogen-bond donors (Lipinski definition) is 3. The minimum atomic E-state index is -2.87. The van der Waals surface area contributed by atoms with Gasteiger partial charge in [0.15, 0.2) is 9.84 Å². The van der Waals surface area contributed by atoms with Crippen LogP contribution in [0.3, 0.4) is 0 Å². The van der Waals surface area contributed by atoms with Crippen molar-refractivity contribution in [3.05, 3.63) is 0 Å². The number of nitrogens with zero attached hydrogens (tertiary/aromatic N) is 1. The molecule has 0 radical (unpaired) electrons. The van der Waals surface area contributed by atoms with E-state index in [9.17, 15) is 8.42 Å². The van der Waals surface area contributed by atoms with Crippen LogP contribution in [0.1, 0.15) is 40.0 Å². The Hall–Kier alpha value is -0.820. The summed E-state index contributed by atoms with van der Waals surface area (Å²) in [5.41, 5.74) is 5.29. The van der Waals surface area contributed by atoms with Crippen molar-refractivity contribution in [2.45, 2.75) is 40.0 Å². The zero-order chi connectivity index (χ0) is 14.9. The van der Waals surface area contributed by atoms with E-state index in [0.717, 1.165) is 25.8 Å². The molecule has 19 heavy (non-hydrogen) atoms. The van der Waals surface area contributed by atoms with Gasteiger partial charge in [0.1, 0.15) is 5.84 Å². The highest BCUT2D eigenvalue weighted by Gasteiger charge is 2.22. The van der Waals surface area contributed by atoms with Crippen molar-refractivity contribution in [1.82, 2.24) is 5.32 Å². The first kappa shape index (κ1) is 18.2. The molecule has 0 amide bonds. The van der Waals surface area contributed by atoms with E-state index in [0.29, 0.717) is 6.54 Å². The van der Waals surface area contributed by atoms with Crippen molar-refractivity contribution in [1.29, 1.82) is 0 Å². The summed E-state index contributed by atoms with van der Waals surface area (Å²) in [7, 11) is -2.87. The van der Waals surface area contributed by atoms with Gasteiger partial charge in [-0.3, -0.25) is 0 Å². The SMILES string of the molecule is CCS(=O)(=O)CCNCCCCC(C)(C)C(N)=NO. The zero-order valence-electron chi connectivity index (χ0n) is 12.1. The van der Waals surface area contributed by atoms with Crippen LogP contribution in [-0.2, 0) is 9.84 Å². The molecule has 0 fully saturated rings. The maximum absolute atomic E-state index is 11.2. The van der Waals surface area contributed by atoms with Gasteiger partial charge in [0, 0.05) is 17.7 Å². The molecule has 0 saturated carbocycles. The van der Waals surface area contributed by atoms with Crippen molar-refractivity contribution in [3.8, 4) is 0 Å². The quantitative estimate of drug-likeness (QED) is 0.183. The number of unbranched alkanes of at least 4 members (excludes halogenated alkanes) is 1. The zero-order valence-corrected chi connectivity index (χ0v) is 13.0. The van der Waals surface area contributed by atoms with Crippen molar-refractivity contribution < 1.29 is 13.6 Å². The summed E-state index contributed by atoms with van der Waals surface area (Å²) >= 11 is 0. The van der Waals surface area contributed by atoms with Crippen LogP contribution in [0.4, 0.5) is 0 Å². The Balaban J connectivity index is 3.67. The van der Waals surface area contributed by atoms with Gasteiger partial charge in [-0.1, -0.05) is 32.3 Å². The van der Waals surface area contributed by atoms with Crippen molar-refractivity contribution in [2.24, 2.45) is 16.3 Å². The predicted octanol–water partition coefficient (Wildman–Crippen LogP) is 0.954. The Morgan fingerprint density at radius 1 is 1.32 bits per heavy atom. The lowest BCUT2D eigenvalue weighted by atomic mass is 9.86. The van der Waals surface area contributed by atoms with Gasteiger partial charge in [0.2, 0.25) is 0 Å². The van der Waals surface area contributed by atoms with E-state index in [1.807, 2.05) is 13.8 Å². The summed E-state index contributed by atoms with van der Waals surface area (Å²) in [4.78, 5) is 0. The summed E-state index contributed by atoms with van der Waals surface area (Å²) in [5.74, 6) is 0.636. The summed E-state index contributed by atoms with van der Waals surface area (Å²) in [6.07, 6.45) is 2.71. The average molecular weight is 293 g/mol. The van der Waals surface area contributed by atoms with Gasteiger partial charge in [-0.15, -0.1) is 0 Å². The smallest absolute Gasteiger partial charge is 0.151 e. The third-order valence-corrected chi connectivity index (χ3v) is 4.94. The van der Waals surface area contributed by atoms with Crippen LogP contribution in [0, 0.1) is 5.41 Å². The van der Waals surface area contributed by atoms with Crippen LogP contribution in [0.15, 0.2) is 5.16 Å². The molecule has 0 unspecified atom stereocenters. The molecule has 7 heteroatoms. The number of nitrogens with one attached hydrogen (secondary N) is 1. The summed E-state index contributed by atoms with van der Waals surface area (Å²) in [6.45, 7) is 6.81. The lowest BCUT2D eigenvalue weighted by Gasteiger charge is -2.22. The first-order valence-electron chi connectivity index (χ1n) is 6.64. The second-order valence-corrected chi connectivity index (χ2v) is 7.79. The Morgan fingerprint density at radius 3 is 2.47 bits per heavy atom. The molecule has 0 aliphatic heterocycles. The fraction of sp³-hybridized carbons (Fsp3) is 0.917. The molecule has 0 aromatic rings. The van der Waals surface area contributed by atoms with Crippen LogP contribution < -0.4 is 11.1 Å². The minimum absolute atomic E-state index is 0.194. The number of oxime groups is 1. The van der Waals surface area contributed by atoms with Gasteiger partial charge in [0.25, 0.3) is 0 Å². The van der Waals surface area contributed by atoms with Crippen LogP contribution in [0.25, 0.3) is 0 Å². The Kier molecular flexibility index (Phi) is 8.01. The monoisotopic (exact) mass is 293 g/mol. The predicted molar refractivity (Wildman–Crippen MR) is 78.2 cm³/mol. The van der Waals surface area contributed by atoms with E-state index in [1.54, 1.807) is 6.92 Å². The second kappa shape index (κ2) is 8.37. The van der Waals surface area contributed by atoms with Gasteiger partial charge in [-0.25, -0.2) is 8.42 Å². The van der Waals surface area contributed by atoms with Gasteiger partial charge >= 0.3 is 0 Å². The molecule has 0 spiro atoms. The standard InChI is InChI=1S/C12H27N3O3S/c1-4-19(17,18)10-9-14-8-6-5-7-12(2,3)11(13)15-16/h14,16H,4-10H2,1-3H3,(H2,13,15). The fourth-order valence-corrected chi connectivity index (χ4v) is 2.32. The average Bonchev–Trinajstić information content (AvgIpc) is 2.36. The molecule has 0 aromatic carbocycles. The number of hydrogen-bond acceptors (Lipinski definition) is 5. The molecule has 4 N–H and O–H groups in total. The number of nitrogens with two attached hydrogens (primary N) is 1. The molecule has 0 aliphatic rings. The maximum Gasteiger partial charge on any atom is 0.151 e. The van der Waals surface area contributed by atoms with Crippen LogP contribution in [0.5, 0.6) is 0 Å². The molecule has 6 nitrogen and oxygen atoms in total. The molecule has 0 rings (SSSR count). The third-order valence-electron chi connectivity index (χ3n) is 3.24. The largest absolute Gasteiger partial charge is 0.409 e. The van der Waals surface area contributed by atoms with E-state index >= 15 is 0 Å². The molecule has 0 heterocycles. The molecule has 0 atom stereocenters. The van der Waals surface area contributed by atoms with Crippen molar-refractivity contribution in [2.75, 3.05) is 24.6 Å². The van der Waals surface area contributed by atoms with Gasteiger partial charge in [-0.05, 0) is 19.4 Å². The molecule has 0 bridgehead atoms. The van der Waals surface area contributed by atoms with Gasteiger partial charge in [0.05, 0.1) is 5.75 Å². The summed E-state index contributed by atoms with van der Waals surface area (Å²) in [5, 5.41) is 14.8. The second-order valence-electron chi connectivity index (χ2n) is 5.31. The van der Waals surface area contributed by atoms with E-state index in [-0.39, 0.29) is 22.8 Å². The highest BCUT2D eigenvalue weighted by molar-refractivity contribution is 7.91. The Bertz CT molecular complexity index is 378. The highest BCUT2D eigenvalue weighted by atomic mass is 32.2. The third kappa shape index (κ3) is 8.05. The normalized spacial score (nSPS) is 13.7. The number of amidine groups is 1. The van der Waals surface area contributed by atoms with Crippen molar-refractivity contribution >= 4 is 15.7 Å². The first-order valence-corrected chi connectivity index (χ1v) is 8.46. The minimum Gasteiger partial charge on any atom is -0.409 e. The summed E-state index contributed by atoms with van der Waals surface area (Å²) < 4.78 is 22.5. The molecular formula is C12H27N3O3S. The fourth-order valence-electron chi connectivity index (χ4n) is 1.58. The van der Waals surface area contributed by atoms with E-state index in [2.05, 4.69) is 10.5 Å². The van der Waals surface area contributed by atoms with E-state index in [4.69, 9.17) is 10.9 Å². The Labute approximate surface area is 116 Å². The lowest BCUT2D eigenvalue weighted by Crippen LogP contribution is -2.32. The van der Waals surface area contributed by atoms with Gasteiger partial charge in [-0.2, -0.15) is 0 Å². The van der Waals surface area contributed by atoms with E-state index < -0.39 is 9.84 Å². The van der Waals surface area contributed by atoms with Gasteiger partial charge < -0.3 is 16.3 Å². The molecule has 0 aromatic heterocycles. The molecule has 0 aliphatic carbocycles. The van der Waals surface area contributed by atoms with Crippen LogP contribution in [0.2, 0.25) is 0 Å². The highest BCUT2D eigenvalue weighted by Crippen LogP contribution is 2.22. The van der Waals surface area contributed by atoms with Crippen LogP contribution >= 0.6 is 0 Å². The Morgan fingerprint density at radius 2 is 1.95 bits per heavy atom. The molecule has 0 saturated heterocycles. The van der Waals surface area contributed by atoms with Crippen molar-refractivity contribution in [3.63, 3.8) is 0 Å². The topological polar surface area (TPSA) is 105 Å². The molecule has 114 valence electrons. The van der Waals surface area contributed by atoms with E-state index in [1.165, 1.54) is 0 Å². The number of rotatable bonds is 10. The first-order chi connectivity index (χ1) is 8.75. The number of sulfone groups is 1. The summed E-state index contributed by atoms with van der Waals surface area (Å²) in [6, 6.07) is 0. The molecular weight excluding hydrogens is 266 g/mol.